The number of nitrogens with one attached hydrogen (secondary N) is 1. The fourth-order valence-corrected chi connectivity index (χ4v) is 3.63. The third-order valence-electron chi connectivity index (χ3n) is 3.69. The quantitative estimate of drug-likeness (QED) is 0.631. The number of aromatic amines is 1. The van der Waals surface area contributed by atoms with Gasteiger partial charge >= 0.3 is 5.97 Å². The van der Waals surface area contributed by atoms with Crippen molar-refractivity contribution in [3.8, 4) is 17.2 Å². The van der Waals surface area contributed by atoms with Gasteiger partial charge in [-0.2, -0.15) is 5.26 Å². The number of carboxylic acid groups (broad SMARTS) is 1. The Morgan fingerprint density at radius 1 is 1.22 bits per heavy atom. The highest BCUT2D eigenvalue weighted by Crippen LogP contribution is 2.34. The topological polar surface area (TPSA) is 107 Å². The third kappa shape index (κ3) is 4.03. The summed E-state index contributed by atoms with van der Waals surface area (Å²) >= 11 is 7.36. The highest BCUT2D eigenvalue weighted by atomic mass is 35.5. The average molecular weight is 398 g/mol. The van der Waals surface area contributed by atoms with Crippen LogP contribution < -0.4 is 5.56 Å². The van der Waals surface area contributed by atoms with Gasteiger partial charge in [0.1, 0.15) is 16.8 Å². The van der Waals surface area contributed by atoms with Crippen LogP contribution in [0.5, 0.6) is 0 Å². The lowest BCUT2D eigenvalue weighted by Crippen LogP contribution is -2.11. The highest BCUT2D eigenvalue weighted by Gasteiger charge is 2.18. The van der Waals surface area contributed by atoms with Gasteiger partial charge in [0.05, 0.1) is 16.3 Å². The number of rotatable bonds is 5. The molecule has 2 heterocycles. The van der Waals surface area contributed by atoms with Crippen molar-refractivity contribution in [1.29, 1.82) is 5.26 Å². The van der Waals surface area contributed by atoms with E-state index in [2.05, 4.69) is 16.0 Å². The first-order valence-electron chi connectivity index (χ1n) is 7.74. The Morgan fingerprint density at radius 2 is 1.96 bits per heavy atom. The van der Waals surface area contributed by atoms with E-state index < -0.39 is 11.5 Å². The summed E-state index contributed by atoms with van der Waals surface area (Å²) in [4.78, 5) is 30.0. The van der Waals surface area contributed by atoms with Gasteiger partial charge < -0.3 is 10.1 Å². The fraction of sp³-hybridized carbons (Fsp3) is 0.0526. The molecule has 2 aromatic heterocycles. The van der Waals surface area contributed by atoms with Crippen LogP contribution in [0.15, 0.2) is 58.4 Å². The third-order valence-corrected chi connectivity index (χ3v) is 5.08. The number of carboxylic acids is 1. The van der Waals surface area contributed by atoms with Crippen LogP contribution in [0.4, 0.5) is 0 Å². The predicted octanol–water partition coefficient (Wildman–Crippen LogP) is 3.95. The average Bonchev–Trinajstić information content (AvgIpc) is 2.69. The van der Waals surface area contributed by atoms with E-state index in [9.17, 15) is 14.9 Å². The Balaban J connectivity index is 2.01. The van der Waals surface area contributed by atoms with E-state index >= 15 is 0 Å². The summed E-state index contributed by atoms with van der Waals surface area (Å²) in [5, 5.41) is 19.0. The van der Waals surface area contributed by atoms with Crippen molar-refractivity contribution >= 4 is 29.3 Å². The maximum absolute atomic E-state index is 12.3. The Kier molecular flexibility index (Phi) is 5.60. The predicted molar refractivity (Wildman–Crippen MR) is 103 cm³/mol. The van der Waals surface area contributed by atoms with Crippen LogP contribution >= 0.6 is 23.4 Å². The number of nitrogens with zero attached hydrogens (tertiary/aromatic N) is 2. The summed E-state index contributed by atoms with van der Waals surface area (Å²) < 4.78 is 0. The number of hydrogen-bond donors (Lipinski definition) is 2. The van der Waals surface area contributed by atoms with E-state index in [4.69, 9.17) is 16.7 Å². The summed E-state index contributed by atoms with van der Waals surface area (Å²) in [7, 11) is 0. The lowest BCUT2D eigenvalue weighted by atomic mass is 10.0. The van der Waals surface area contributed by atoms with E-state index in [-0.39, 0.29) is 22.0 Å². The number of aromatic carboxylic acids is 1. The van der Waals surface area contributed by atoms with Crippen molar-refractivity contribution < 1.29 is 9.90 Å². The van der Waals surface area contributed by atoms with Crippen LogP contribution in [-0.4, -0.2) is 21.0 Å². The Morgan fingerprint density at radius 3 is 2.63 bits per heavy atom. The lowest BCUT2D eigenvalue weighted by molar-refractivity contribution is 0.0690. The smallest absolute Gasteiger partial charge is 0.354 e. The van der Waals surface area contributed by atoms with Gasteiger partial charge in [-0.1, -0.05) is 48.0 Å². The van der Waals surface area contributed by atoms with Crippen molar-refractivity contribution in [2.45, 2.75) is 10.8 Å². The zero-order valence-electron chi connectivity index (χ0n) is 13.8. The molecular formula is C19H12ClN3O3S. The number of H-pyrrole nitrogens is 1. The number of benzene rings is 1. The fourth-order valence-electron chi connectivity index (χ4n) is 2.47. The van der Waals surface area contributed by atoms with Gasteiger partial charge in [0, 0.05) is 11.3 Å². The summed E-state index contributed by atoms with van der Waals surface area (Å²) in [6, 6.07) is 15.7. The molecule has 2 N–H and O–H groups in total. The maximum atomic E-state index is 12.3. The van der Waals surface area contributed by atoms with Crippen molar-refractivity contribution in [3.63, 3.8) is 0 Å². The number of thioether (sulfide) groups is 1. The molecule has 0 aliphatic carbocycles. The summed E-state index contributed by atoms with van der Waals surface area (Å²) in [6.07, 6.45) is 0. The Hall–Kier alpha value is -3.08. The van der Waals surface area contributed by atoms with Crippen LogP contribution in [0.3, 0.4) is 0 Å². The Labute approximate surface area is 163 Å². The van der Waals surface area contributed by atoms with Crippen LogP contribution in [0.25, 0.3) is 11.1 Å². The highest BCUT2D eigenvalue weighted by molar-refractivity contribution is 7.98. The molecule has 3 aromatic rings. The molecule has 0 aliphatic rings. The first-order valence-corrected chi connectivity index (χ1v) is 9.11. The molecule has 0 fully saturated rings. The number of halogens is 1. The van der Waals surface area contributed by atoms with Gasteiger partial charge in [0.25, 0.3) is 5.56 Å². The first-order chi connectivity index (χ1) is 13.0. The second-order valence-electron chi connectivity index (χ2n) is 5.43. The number of nitriles is 1. The Bertz CT molecular complexity index is 1110. The molecule has 0 atom stereocenters. The SMILES string of the molecule is N#Cc1c(SCc2cccc(C(=O)O)n2)[nH]c(=O)c(Cl)c1-c1ccccc1. The van der Waals surface area contributed by atoms with Crippen molar-refractivity contribution in [3.05, 3.63) is 80.9 Å². The van der Waals surface area contributed by atoms with Gasteiger partial charge in [-0.15, -0.1) is 11.8 Å². The minimum Gasteiger partial charge on any atom is -0.477 e. The molecule has 134 valence electrons. The molecule has 6 nitrogen and oxygen atoms in total. The van der Waals surface area contributed by atoms with Gasteiger partial charge in [-0.05, 0) is 17.7 Å². The van der Waals surface area contributed by atoms with Crippen molar-refractivity contribution in [1.82, 2.24) is 9.97 Å². The summed E-state index contributed by atoms with van der Waals surface area (Å²) in [5.41, 5.74) is 1.25. The normalized spacial score (nSPS) is 10.4. The van der Waals surface area contributed by atoms with E-state index in [0.717, 1.165) is 0 Å². The minimum atomic E-state index is -1.12. The van der Waals surface area contributed by atoms with Crippen LogP contribution in [0.2, 0.25) is 5.02 Å². The van der Waals surface area contributed by atoms with Crippen LogP contribution in [0.1, 0.15) is 21.7 Å². The largest absolute Gasteiger partial charge is 0.477 e. The van der Waals surface area contributed by atoms with E-state index in [1.54, 1.807) is 36.4 Å². The first kappa shape index (κ1) is 18.7. The summed E-state index contributed by atoms with van der Waals surface area (Å²) in [5.74, 6) is -0.840. The van der Waals surface area contributed by atoms with E-state index in [1.165, 1.54) is 17.8 Å². The molecule has 27 heavy (non-hydrogen) atoms. The second-order valence-corrected chi connectivity index (χ2v) is 6.80. The maximum Gasteiger partial charge on any atom is 0.354 e. The molecule has 3 rings (SSSR count). The molecule has 0 aliphatic heterocycles. The molecule has 0 spiro atoms. The van der Waals surface area contributed by atoms with Crippen molar-refractivity contribution in [2.75, 3.05) is 0 Å². The molecule has 0 radical (unpaired) electrons. The number of hydrogen-bond acceptors (Lipinski definition) is 5. The zero-order chi connectivity index (χ0) is 19.4. The minimum absolute atomic E-state index is 0.0481. The van der Waals surface area contributed by atoms with Gasteiger partial charge in [-0.25, -0.2) is 9.78 Å². The van der Waals surface area contributed by atoms with E-state index in [0.29, 0.717) is 21.8 Å². The molecule has 0 saturated carbocycles. The molecule has 0 amide bonds. The zero-order valence-corrected chi connectivity index (χ0v) is 15.3. The van der Waals surface area contributed by atoms with Gasteiger partial charge in [-0.3, -0.25) is 4.79 Å². The van der Waals surface area contributed by atoms with Crippen molar-refractivity contribution in [2.24, 2.45) is 0 Å². The molecule has 8 heteroatoms. The van der Waals surface area contributed by atoms with Crippen LogP contribution in [-0.2, 0) is 5.75 Å². The monoisotopic (exact) mass is 397 g/mol. The molecule has 1 aromatic carbocycles. The summed E-state index contributed by atoms with van der Waals surface area (Å²) in [6.45, 7) is 0. The van der Waals surface area contributed by atoms with E-state index in [1.807, 2.05) is 6.07 Å². The number of carbonyl (C=O) groups is 1. The van der Waals surface area contributed by atoms with Gasteiger partial charge in [0.2, 0.25) is 0 Å². The molecule has 0 saturated heterocycles. The molecular weight excluding hydrogens is 386 g/mol. The number of pyridine rings is 2. The molecule has 0 unspecified atom stereocenters. The second kappa shape index (κ2) is 8.08. The van der Waals surface area contributed by atoms with Crippen LogP contribution in [0, 0.1) is 11.3 Å². The lowest BCUT2D eigenvalue weighted by Gasteiger charge is -2.11. The molecule has 0 bridgehead atoms. The standard InChI is InChI=1S/C19H12ClN3O3S/c20-16-15(11-5-2-1-3-6-11)13(9-21)18(23-17(16)24)27-10-12-7-4-8-14(22-12)19(25)26/h1-8H,10H2,(H,23,24)(H,25,26). The number of aromatic nitrogens is 2. The van der Waals surface area contributed by atoms with Gasteiger partial charge in [0.15, 0.2) is 0 Å².